The highest BCUT2D eigenvalue weighted by atomic mass is 16.1. The van der Waals surface area contributed by atoms with E-state index in [4.69, 9.17) is 0 Å². The van der Waals surface area contributed by atoms with Crippen LogP contribution in [-0.4, -0.2) is 15.2 Å². The molecule has 0 aliphatic heterocycles. The van der Waals surface area contributed by atoms with Crippen molar-refractivity contribution in [3.8, 4) is 11.3 Å². The van der Waals surface area contributed by atoms with Gasteiger partial charge < -0.3 is 0 Å². The van der Waals surface area contributed by atoms with Crippen LogP contribution in [0.25, 0.3) is 11.3 Å². The van der Waals surface area contributed by atoms with Gasteiger partial charge in [-0.15, -0.1) is 0 Å². The zero-order valence-electron chi connectivity index (χ0n) is 10.3. The fourth-order valence-electron chi connectivity index (χ4n) is 2.12. The average Bonchev–Trinajstić information content (AvgIpc) is 2.82. The lowest BCUT2D eigenvalue weighted by Crippen LogP contribution is -2.06. The summed E-state index contributed by atoms with van der Waals surface area (Å²) in [5.74, 6) is 0. The van der Waals surface area contributed by atoms with Crippen molar-refractivity contribution in [1.82, 2.24) is 15.2 Å². The average molecular weight is 251 g/mol. The van der Waals surface area contributed by atoms with Gasteiger partial charge in [0.25, 0.3) is 5.56 Å². The maximum atomic E-state index is 11.9. The monoisotopic (exact) mass is 251 g/mol. The lowest BCUT2D eigenvalue weighted by Gasteiger charge is -2.02. The third-order valence-corrected chi connectivity index (χ3v) is 3.07. The van der Waals surface area contributed by atoms with Crippen LogP contribution in [0.1, 0.15) is 11.1 Å². The summed E-state index contributed by atoms with van der Waals surface area (Å²) in [6.45, 7) is 0. The van der Waals surface area contributed by atoms with E-state index in [2.05, 4.69) is 15.2 Å². The van der Waals surface area contributed by atoms with E-state index in [9.17, 15) is 4.79 Å². The van der Waals surface area contributed by atoms with Gasteiger partial charge in [-0.3, -0.25) is 20.0 Å². The van der Waals surface area contributed by atoms with Gasteiger partial charge in [0.15, 0.2) is 0 Å². The molecule has 2 aromatic heterocycles. The van der Waals surface area contributed by atoms with Crippen LogP contribution >= 0.6 is 0 Å². The molecule has 2 N–H and O–H groups in total. The Morgan fingerprint density at radius 1 is 0.947 bits per heavy atom. The third-order valence-electron chi connectivity index (χ3n) is 3.07. The Morgan fingerprint density at radius 3 is 2.42 bits per heavy atom. The molecule has 0 aliphatic rings. The predicted molar refractivity (Wildman–Crippen MR) is 73.9 cm³/mol. The second-order valence-electron chi connectivity index (χ2n) is 4.33. The van der Waals surface area contributed by atoms with Crippen molar-refractivity contribution >= 4 is 0 Å². The van der Waals surface area contributed by atoms with Crippen LogP contribution in [0, 0.1) is 0 Å². The Labute approximate surface area is 110 Å². The molecule has 94 valence electrons. The molecule has 2 heterocycles. The minimum absolute atomic E-state index is 0.0735. The van der Waals surface area contributed by atoms with E-state index in [1.165, 1.54) is 0 Å². The molecule has 0 spiro atoms. The molecular formula is C15H13N3O. The number of aromatic amines is 2. The number of benzene rings is 1. The van der Waals surface area contributed by atoms with Gasteiger partial charge in [-0.1, -0.05) is 30.3 Å². The largest absolute Gasteiger partial charge is 0.297 e. The van der Waals surface area contributed by atoms with Gasteiger partial charge in [0.05, 0.1) is 5.69 Å². The van der Waals surface area contributed by atoms with Crippen LogP contribution in [0.4, 0.5) is 0 Å². The van der Waals surface area contributed by atoms with Crippen molar-refractivity contribution < 1.29 is 0 Å². The van der Waals surface area contributed by atoms with E-state index in [1.807, 2.05) is 42.5 Å². The minimum atomic E-state index is -0.0735. The highest BCUT2D eigenvalue weighted by Gasteiger charge is 2.11. The number of H-pyrrole nitrogens is 2. The molecule has 0 saturated heterocycles. The first-order chi connectivity index (χ1) is 9.34. The quantitative estimate of drug-likeness (QED) is 0.750. The standard InChI is InChI=1S/C15H13N3O/c19-15-13(10-11-4-2-1-3-5-11)14(17-18-15)12-6-8-16-9-7-12/h1-9H,10H2,(H2,17,18,19). The number of nitrogens with zero attached hydrogens (tertiary/aromatic N) is 1. The molecule has 4 nitrogen and oxygen atoms in total. The number of aromatic nitrogens is 3. The van der Waals surface area contributed by atoms with Crippen LogP contribution < -0.4 is 5.56 Å². The Balaban J connectivity index is 2.03. The van der Waals surface area contributed by atoms with Crippen molar-refractivity contribution in [2.24, 2.45) is 0 Å². The summed E-state index contributed by atoms with van der Waals surface area (Å²) in [6.07, 6.45) is 4.04. The Bertz CT molecular complexity index is 714. The molecule has 0 amide bonds. The van der Waals surface area contributed by atoms with E-state index < -0.39 is 0 Å². The van der Waals surface area contributed by atoms with Crippen LogP contribution in [0.15, 0.2) is 59.7 Å². The molecule has 19 heavy (non-hydrogen) atoms. The van der Waals surface area contributed by atoms with Gasteiger partial charge in [0.1, 0.15) is 0 Å². The SMILES string of the molecule is O=c1[nH][nH]c(-c2ccncc2)c1Cc1ccccc1. The molecule has 0 radical (unpaired) electrons. The molecule has 4 heteroatoms. The van der Waals surface area contributed by atoms with E-state index in [0.29, 0.717) is 6.42 Å². The van der Waals surface area contributed by atoms with E-state index in [-0.39, 0.29) is 5.56 Å². The molecule has 0 aliphatic carbocycles. The molecule has 3 aromatic rings. The first-order valence-electron chi connectivity index (χ1n) is 6.08. The summed E-state index contributed by atoms with van der Waals surface area (Å²) in [6, 6.07) is 13.7. The molecule has 3 rings (SSSR count). The highest BCUT2D eigenvalue weighted by Crippen LogP contribution is 2.20. The fraction of sp³-hybridized carbons (Fsp3) is 0.0667. The first kappa shape index (κ1) is 11.5. The third kappa shape index (κ3) is 2.33. The van der Waals surface area contributed by atoms with Gasteiger partial charge in [-0.05, 0) is 17.7 Å². The summed E-state index contributed by atoms with van der Waals surface area (Å²) in [4.78, 5) is 15.9. The smallest absolute Gasteiger partial charge is 0.268 e. The number of nitrogens with one attached hydrogen (secondary N) is 2. The number of hydrogen-bond donors (Lipinski definition) is 2. The van der Waals surface area contributed by atoms with Crippen molar-refractivity contribution in [1.29, 1.82) is 0 Å². The van der Waals surface area contributed by atoms with E-state index >= 15 is 0 Å². The predicted octanol–water partition coefficient (Wildman–Crippen LogP) is 2.36. The maximum absolute atomic E-state index is 11.9. The van der Waals surface area contributed by atoms with Gasteiger partial charge >= 0.3 is 0 Å². The summed E-state index contributed by atoms with van der Waals surface area (Å²) in [5, 5.41) is 5.60. The second-order valence-corrected chi connectivity index (χ2v) is 4.33. The van der Waals surface area contributed by atoms with Crippen molar-refractivity contribution in [3.05, 3.63) is 76.3 Å². The van der Waals surface area contributed by atoms with Crippen molar-refractivity contribution in [3.63, 3.8) is 0 Å². The van der Waals surface area contributed by atoms with Crippen LogP contribution in [0.5, 0.6) is 0 Å². The Morgan fingerprint density at radius 2 is 1.68 bits per heavy atom. The lowest BCUT2D eigenvalue weighted by atomic mass is 10.0. The van der Waals surface area contributed by atoms with Gasteiger partial charge in [0, 0.05) is 29.9 Å². The number of pyridine rings is 1. The normalized spacial score (nSPS) is 10.5. The van der Waals surface area contributed by atoms with Crippen LogP contribution in [-0.2, 0) is 6.42 Å². The molecule has 1 aromatic carbocycles. The molecule has 0 saturated carbocycles. The van der Waals surface area contributed by atoms with Crippen LogP contribution in [0.3, 0.4) is 0 Å². The molecule has 0 bridgehead atoms. The van der Waals surface area contributed by atoms with Crippen molar-refractivity contribution in [2.75, 3.05) is 0 Å². The van der Waals surface area contributed by atoms with Gasteiger partial charge in [-0.2, -0.15) is 0 Å². The topological polar surface area (TPSA) is 61.5 Å². The number of hydrogen-bond acceptors (Lipinski definition) is 2. The van der Waals surface area contributed by atoms with E-state index in [1.54, 1.807) is 12.4 Å². The Kier molecular flexibility index (Phi) is 2.98. The maximum Gasteiger partial charge on any atom is 0.268 e. The van der Waals surface area contributed by atoms with E-state index in [0.717, 1.165) is 22.4 Å². The second kappa shape index (κ2) is 4.94. The number of rotatable bonds is 3. The summed E-state index contributed by atoms with van der Waals surface area (Å²) >= 11 is 0. The zero-order chi connectivity index (χ0) is 13.1. The van der Waals surface area contributed by atoms with Crippen LogP contribution in [0.2, 0.25) is 0 Å². The molecule has 0 fully saturated rings. The fourth-order valence-corrected chi connectivity index (χ4v) is 2.12. The minimum Gasteiger partial charge on any atom is -0.297 e. The van der Waals surface area contributed by atoms with Gasteiger partial charge in [-0.25, -0.2) is 0 Å². The summed E-state index contributed by atoms with van der Waals surface area (Å²) < 4.78 is 0. The zero-order valence-corrected chi connectivity index (χ0v) is 10.3. The lowest BCUT2D eigenvalue weighted by molar-refractivity contribution is 1.05. The Hall–Kier alpha value is -2.62. The van der Waals surface area contributed by atoms with Crippen molar-refractivity contribution in [2.45, 2.75) is 6.42 Å². The molecule has 0 unspecified atom stereocenters. The first-order valence-corrected chi connectivity index (χ1v) is 6.08. The summed E-state index contributed by atoms with van der Waals surface area (Å²) in [5.41, 5.74) is 3.58. The highest BCUT2D eigenvalue weighted by molar-refractivity contribution is 5.62. The molecule has 0 atom stereocenters. The van der Waals surface area contributed by atoms with Gasteiger partial charge in [0.2, 0.25) is 0 Å². The summed E-state index contributed by atoms with van der Waals surface area (Å²) in [7, 11) is 0. The molecular weight excluding hydrogens is 238 g/mol.